The number of nitrogens with zero attached hydrogens (tertiary/aromatic N) is 3. The highest BCUT2D eigenvalue weighted by Crippen LogP contribution is 2.33. The molecule has 3 heterocycles. The largest absolute Gasteiger partial charge is 0.491 e. The highest BCUT2D eigenvalue weighted by atomic mass is 32.1. The Bertz CT molecular complexity index is 1190. The van der Waals surface area contributed by atoms with Gasteiger partial charge >= 0.3 is 6.18 Å². The van der Waals surface area contributed by atoms with Gasteiger partial charge in [0.05, 0.1) is 12.1 Å². The van der Waals surface area contributed by atoms with Gasteiger partial charge in [-0.25, -0.2) is 15.0 Å². The molecule has 3 aromatic rings. The summed E-state index contributed by atoms with van der Waals surface area (Å²) in [6, 6.07) is 4.60. The Morgan fingerprint density at radius 1 is 1.17 bits per heavy atom. The highest BCUT2D eigenvalue weighted by Gasteiger charge is 2.34. The van der Waals surface area contributed by atoms with E-state index in [4.69, 9.17) is 9.47 Å². The molecule has 192 valence electrons. The normalized spacial score (nSPS) is 16.8. The smallest absolute Gasteiger partial charge is 0.451 e. The number of alkyl halides is 3. The molecule has 1 aliphatic heterocycles. The zero-order chi connectivity index (χ0) is 25.9. The molecule has 1 fully saturated rings. The predicted octanol–water partition coefficient (Wildman–Crippen LogP) is 5.79. The van der Waals surface area contributed by atoms with Crippen LogP contribution < -0.4 is 10.1 Å². The number of ether oxygens (including phenoxy) is 2. The maximum atomic E-state index is 13.1. The number of hydrogen-bond donors (Lipinski definition) is 1. The molecule has 0 saturated carbocycles. The summed E-state index contributed by atoms with van der Waals surface area (Å²) in [5.74, 6) is -0.800. The van der Waals surface area contributed by atoms with E-state index in [1.54, 1.807) is 30.4 Å². The van der Waals surface area contributed by atoms with E-state index in [-0.39, 0.29) is 6.10 Å². The van der Waals surface area contributed by atoms with Crippen molar-refractivity contribution in [1.82, 2.24) is 20.3 Å². The van der Waals surface area contributed by atoms with Crippen molar-refractivity contribution in [2.24, 2.45) is 0 Å². The number of aromatic nitrogens is 3. The number of amides is 1. The molecule has 11 heteroatoms. The van der Waals surface area contributed by atoms with Gasteiger partial charge in [-0.1, -0.05) is 13.8 Å². The molecule has 0 bridgehead atoms. The molecule has 1 unspecified atom stereocenters. The van der Waals surface area contributed by atoms with Crippen molar-refractivity contribution in [1.29, 1.82) is 0 Å². The van der Waals surface area contributed by atoms with E-state index < -0.39 is 23.9 Å². The summed E-state index contributed by atoms with van der Waals surface area (Å²) in [7, 11) is 0. The predicted molar refractivity (Wildman–Crippen MR) is 129 cm³/mol. The summed E-state index contributed by atoms with van der Waals surface area (Å²) in [4.78, 5) is 25.5. The number of rotatable bonds is 8. The molecule has 2 aromatic heterocycles. The number of hydrogen-bond acceptors (Lipinski definition) is 7. The Balaban J connectivity index is 1.55. The number of thiazole rings is 1. The van der Waals surface area contributed by atoms with Gasteiger partial charge in [0.2, 0.25) is 5.82 Å². The minimum Gasteiger partial charge on any atom is -0.491 e. The van der Waals surface area contributed by atoms with Crippen molar-refractivity contribution in [3.8, 4) is 16.3 Å². The minimum absolute atomic E-state index is 0.0121. The molecule has 1 N–H and O–H groups in total. The van der Waals surface area contributed by atoms with Gasteiger partial charge in [-0.15, -0.1) is 11.3 Å². The maximum absolute atomic E-state index is 13.1. The van der Waals surface area contributed by atoms with Crippen LogP contribution in [-0.2, 0) is 10.9 Å². The summed E-state index contributed by atoms with van der Waals surface area (Å²) in [6.07, 6.45) is 1.26. The monoisotopic (exact) mass is 520 g/mol. The third kappa shape index (κ3) is 6.38. The lowest BCUT2D eigenvalue weighted by Crippen LogP contribution is -2.27. The Kier molecular flexibility index (Phi) is 7.89. The molecule has 0 spiro atoms. The van der Waals surface area contributed by atoms with Crippen molar-refractivity contribution in [2.45, 2.75) is 57.9 Å². The molecule has 2 atom stereocenters. The third-order valence-electron chi connectivity index (χ3n) is 5.74. The van der Waals surface area contributed by atoms with Crippen LogP contribution in [-0.4, -0.2) is 40.2 Å². The van der Waals surface area contributed by atoms with E-state index in [2.05, 4.69) is 34.1 Å². The first-order valence-electron chi connectivity index (χ1n) is 11.7. The van der Waals surface area contributed by atoms with Gasteiger partial charge in [-0.2, -0.15) is 13.2 Å². The zero-order valence-electron chi connectivity index (χ0n) is 20.1. The molecule has 7 nitrogen and oxygen atoms in total. The summed E-state index contributed by atoms with van der Waals surface area (Å²) in [5.41, 5.74) is 1.44. The molecule has 4 rings (SSSR count). The van der Waals surface area contributed by atoms with E-state index in [0.29, 0.717) is 36.0 Å². The van der Waals surface area contributed by atoms with E-state index in [1.807, 2.05) is 12.3 Å². The fourth-order valence-electron chi connectivity index (χ4n) is 3.66. The van der Waals surface area contributed by atoms with Crippen LogP contribution in [0.2, 0.25) is 0 Å². The first-order chi connectivity index (χ1) is 17.1. The molecule has 0 radical (unpaired) electrons. The number of benzene rings is 1. The standard InChI is InChI=1S/C25H27F3N4O3S/c1-14(2)21-12-29-23(36-21)17-7-16(8-20(9-17)35-13-19-5-4-6-34-19)22(33)32-15(3)18-10-30-24(31-11-18)25(26,27)28/h7-12,14-15,19H,4-6,13H2,1-3H3,(H,32,33)/t15?,19-/m1/s1. The van der Waals surface area contributed by atoms with Gasteiger partial charge in [0, 0.05) is 46.8 Å². The van der Waals surface area contributed by atoms with Crippen LogP contribution in [0.25, 0.3) is 10.6 Å². The average Bonchev–Trinajstić information content (AvgIpc) is 3.54. The Hall–Kier alpha value is -3.05. The number of nitrogens with one attached hydrogen (secondary N) is 1. The highest BCUT2D eigenvalue weighted by molar-refractivity contribution is 7.15. The number of carbonyl (C=O) groups excluding carboxylic acids is 1. The minimum atomic E-state index is -4.63. The lowest BCUT2D eigenvalue weighted by Gasteiger charge is -2.16. The van der Waals surface area contributed by atoms with Crippen LogP contribution in [0.4, 0.5) is 13.2 Å². The second-order valence-corrected chi connectivity index (χ2v) is 10.0. The van der Waals surface area contributed by atoms with Crippen LogP contribution in [0.3, 0.4) is 0 Å². The topological polar surface area (TPSA) is 86.2 Å². The fourth-order valence-corrected chi connectivity index (χ4v) is 4.57. The molecular formula is C25H27F3N4O3S. The van der Waals surface area contributed by atoms with Crippen LogP contribution in [0.15, 0.2) is 36.8 Å². The zero-order valence-corrected chi connectivity index (χ0v) is 20.9. The fraction of sp³-hybridized carbons (Fsp3) is 0.440. The molecule has 1 aliphatic rings. The summed E-state index contributed by atoms with van der Waals surface area (Å²) in [5, 5.41) is 3.56. The Morgan fingerprint density at radius 3 is 2.53 bits per heavy atom. The van der Waals surface area contributed by atoms with Crippen LogP contribution in [0.1, 0.15) is 72.2 Å². The summed E-state index contributed by atoms with van der Waals surface area (Å²) in [6.45, 7) is 6.91. The molecule has 1 saturated heterocycles. The first-order valence-corrected chi connectivity index (χ1v) is 12.5. The van der Waals surface area contributed by atoms with Gasteiger partial charge in [0.25, 0.3) is 5.91 Å². The number of halogens is 3. The van der Waals surface area contributed by atoms with Crippen LogP contribution in [0.5, 0.6) is 5.75 Å². The van der Waals surface area contributed by atoms with Gasteiger partial charge in [-0.05, 0) is 43.9 Å². The van der Waals surface area contributed by atoms with Gasteiger partial charge in [0.1, 0.15) is 17.4 Å². The summed E-state index contributed by atoms with van der Waals surface area (Å²) >= 11 is 1.55. The Labute approximate surface area is 211 Å². The third-order valence-corrected chi connectivity index (χ3v) is 7.09. The van der Waals surface area contributed by atoms with Gasteiger partial charge in [-0.3, -0.25) is 4.79 Å². The maximum Gasteiger partial charge on any atom is 0.451 e. The number of carbonyl (C=O) groups is 1. The van der Waals surface area contributed by atoms with E-state index in [1.165, 1.54) is 0 Å². The molecular weight excluding hydrogens is 493 g/mol. The van der Waals surface area contributed by atoms with E-state index in [0.717, 1.165) is 40.7 Å². The lowest BCUT2D eigenvalue weighted by atomic mass is 10.1. The van der Waals surface area contributed by atoms with Gasteiger partial charge < -0.3 is 14.8 Å². The second-order valence-electron chi connectivity index (χ2n) is 8.95. The van der Waals surface area contributed by atoms with Crippen molar-refractivity contribution in [3.63, 3.8) is 0 Å². The SMILES string of the molecule is CC(C)c1cnc(-c2cc(OC[C@H]3CCCO3)cc(C(=O)NC(C)c3cnc(C(F)(F)F)nc3)c2)s1. The van der Waals surface area contributed by atoms with Crippen molar-refractivity contribution >= 4 is 17.2 Å². The second kappa shape index (κ2) is 10.9. The molecule has 36 heavy (non-hydrogen) atoms. The van der Waals surface area contributed by atoms with Crippen LogP contribution in [0, 0.1) is 0 Å². The molecule has 1 aromatic carbocycles. The molecule has 0 aliphatic carbocycles. The van der Waals surface area contributed by atoms with Gasteiger partial charge in [0.15, 0.2) is 0 Å². The van der Waals surface area contributed by atoms with E-state index in [9.17, 15) is 18.0 Å². The van der Waals surface area contributed by atoms with Crippen molar-refractivity contribution in [2.75, 3.05) is 13.2 Å². The van der Waals surface area contributed by atoms with Crippen molar-refractivity contribution in [3.05, 3.63) is 58.6 Å². The van der Waals surface area contributed by atoms with E-state index >= 15 is 0 Å². The molecule has 1 amide bonds. The van der Waals surface area contributed by atoms with Crippen molar-refractivity contribution < 1.29 is 27.4 Å². The summed E-state index contributed by atoms with van der Waals surface area (Å²) < 4.78 is 49.9. The first kappa shape index (κ1) is 26.0. The van der Waals surface area contributed by atoms with Crippen LogP contribution >= 0.6 is 11.3 Å². The average molecular weight is 521 g/mol. The Morgan fingerprint density at radius 2 is 1.92 bits per heavy atom. The lowest BCUT2D eigenvalue weighted by molar-refractivity contribution is -0.145. The quantitative estimate of drug-likeness (QED) is 0.405.